The van der Waals surface area contributed by atoms with E-state index >= 15 is 0 Å². The van der Waals surface area contributed by atoms with Crippen LogP contribution in [-0.4, -0.2) is 29.3 Å². The molecule has 0 radical (unpaired) electrons. The summed E-state index contributed by atoms with van der Waals surface area (Å²) in [7, 11) is 0. The summed E-state index contributed by atoms with van der Waals surface area (Å²) >= 11 is 0. The van der Waals surface area contributed by atoms with E-state index in [4.69, 9.17) is 4.42 Å². The molecule has 2 aromatic rings. The second kappa shape index (κ2) is 4.61. The average Bonchev–Trinajstić information content (AvgIpc) is 2.74. The molecule has 2 heterocycles. The summed E-state index contributed by atoms with van der Waals surface area (Å²) in [6.45, 7) is 2.38. The van der Waals surface area contributed by atoms with Crippen LogP contribution in [0, 0.1) is 0 Å². The summed E-state index contributed by atoms with van der Waals surface area (Å²) < 4.78 is 18.5. The number of piperidine rings is 1. The van der Waals surface area contributed by atoms with E-state index in [1.165, 1.54) is 0 Å². The highest BCUT2D eigenvalue weighted by Gasteiger charge is 2.19. The zero-order valence-corrected chi connectivity index (χ0v) is 10.1. The van der Waals surface area contributed by atoms with Gasteiger partial charge in [0, 0.05) is 36.7 Å². The van der Waals surface area contributed by atoms with Gasteiger partial charge in [-0.1, -0.05) is 0 Å². The molecule has 1 saturated heterocycles. The molecule has 4 heteroatoms. The van der Waals surface area contributed by atoms with E-state index in [1.54, 1.807) is 18.4 Å². The van der Waals surface area contributed by atoms with Crippen molar-refractivity contribution in [3.63, 3.8) is 0 Å². The number of hydrogen-bond acceptors (Lipinski definition) is 3. The Balaban J connectivity index is 1.78. The lowest BCUT2D eigenvalue weighted by Gasteiger charge is -2.28. The van der Waals surface area contributed by atoms with Gasteiger partial charge in [0.2, 0.25) is 0 Å². The number of phenolic OH excluding ortho intramolecular Hbond substituents is 1. The maximum Gasteiger partial charge on any atom is 0.137 e. The van der Waals surface area contributed by atoms with Crippen LogP contribution in [-0.2, 0) is 6.54 Å². The van der Waals surface area contributed by atoms with E-state index in [9.17, 15) is 9.50 Å². The summed E-state index contributed by atoms with van der Waals surface area (Å²) in [5.41, 5.74) is 1.80. The van der Waals surface area contributed by atoms with Crippen molar-refractivity contribution in [2.45, 2.75) is 25.6 Å². The summed E-state index contributed by atoms with van der Waals surface area (Å²) in [6, 6.07) is 5.15. The van der Waals surface area contributed by atoms with Gasteiger partial charge in [-0.05, 0) is 25.0 Å². The molecule has 1 fully saturated rings. The minimum atomic E-state index is -0.640. The van der Waals surface area contributed by atoms with Crippen molar-refractivity contribution < 1.29 is 13.9 Å². The molecule has 1 aromatic heterocycles. The number of alkyl halides is 1. The summed E-state index contributed by atoms with van der Waals surface area (Å²) in [4.78, 5) is 2.24. The molecule has 1 N–H and O–H groups in total. The average molecular weight is 249 g/mol. The molecule has 0 spiro atoms. The molecule has 0 bridgehead atoms. The van der Waals surface area contributed by atoms with Crippen molar-refractivity contribution >= 4 is 11.0 Å². The van der Waals surface area contributed by atoms with E-state index in [0.29, 0.717) is 18.4 Å². The fourth-order valence-corrected chi connectivity index (χ4v) is 2.49. The standard InChI is InChI=1S/C14H16FNO2/c15-11-3-5-16(6-4-11)8-10-9-18-14-7-12(17)1-2-13(10)14/h1-2,7,9,11,17H,3-6,8H2. The lowest BCUT2D eigenvalue weighted by atomic mass is 10.1. The first-order valence-electron chi connectivity index (χ1n) is 6.28. The fraction of sp³-hybridized carbons (Fsp3) is 0.429. The predicted octanol–water partition coefficient (Wildman–Crippen LogP) is 3.07. The highest BCUT2D eigenvalue weighted by Crippen LogP contribution is 2.26. The summed E-state index contributed by atoms with van der Waals surface area (Å²) in [5, 5.41) is 10.4. The largest absolute Gasteiger partial charge is 0.508 e. The number of likely N-dealkylation sites (tertiary alicyclic amines) is 1. The van der Waals surface area contributed by atoms with Gasteiger partial charge in [0.1, 0.15) is 17.5 Å². The summed E-state index contributed by atoms with van der Waals surface area (Å²) in [5.74, 6) is 0.210. The molecular weight excluding hydrogens is 233 g/mol. The Morgan fingerprint density at radius 3 is 2.89 bits per heavy atom. The Morgan fingerprint density at radius 1 is 1.33 bits per heavy atom. The van der Waals surface area contributed by atoms with E-state index < -0.39 is 6.17 Å². The highest BCUT2D eigenvalue weighted by atomic mass is 19.1. The molecule has 1 aliphatic rings. The highest BCUT2D eigenvalue weighted by molar-refractivity contribution is 5.82. The summed E-state index contributed by atoms with van der Waals surface area (Å²) in [6.07, 6.45) is 2.33. The van der Waals surface area contributed by atoms with Gasteiger partial charge in [0.25, 0.3) is 0 Å². The molecule has 0 amide bonds. The topological polar surface area (TPSA) is 36.6 Å². The Kier molecular flexibility index (Phi) is 2.96. The lowest BCUT2D eigenvalue weighted by molar-refractivity contribution is 0.145. The number of rotatable bonds is 2. The van der Waals surface area contributed by atoms with Crippen molar-refractivity contribution in [1.82, 2.24) is 4.90 Å². The van der Waals surface area contributed by atoms with Crippen LogP contribution < -0.4 is 0 Å². The van der Waals surface area contributed by atoms with Gasteiger partial charge < -0.3 is 9.52 Å². The Labute approximate surface area is 105 Å². The third kappa shape index (κ3) is 2.20. The monoisotopic (exact) mass is 249 g/mol. The van der Waals surface area contributed by atoms with Crippen molar-refractivity contribution in [3.05, 3.63) is 30.0 Å². The second-order valence-electron chi connectivity index (χ2n) is 4.89. The minimum absolute atomic E-state index is 0.210. The molecule has 96 valence electrons. The van der Waals surface area contributed by atoms with Crippen LogP contribution >= 0.6 is 0 Å². The SMILES string of the molecule is Oc1ccc2c(CN3CCC(F)CC3)coc2c1. The van der Waals surface area contributed by atoms with Crippen LogP contribution in [0.5, 0.6) is 5.75 Å². The Bertz CT molecular complexity index is 544. The molecule has 0 aliphatic carbocycles. The van der Waals surface area contributed by atoms with Crippen LogP contribution in [0.2, 0.25) is 0 Å². The second-order valence-corrected chi connectivity index (χ2v) is 4.89. The number of hydrogen-bond donors (Lipinski definition) is 1. The Morgan fingerprint density at radius 2 is 2.11 bits per heavy atom. The molecular formula is C14H16FNO2. The van der Waals surface area contributed by atoms with Gasteiger partial charge in [0.15, 0.2) is 0 Å². The van der Waals surface area contributed by atoms with E-state index in [2.05, 4.69) is 4.90 Å². The van der Waals surface area contributed by atoms with Crippen molar-refractivity contribution in [1.29, 1.82) is 0 Å². The Hall–Kier alpha value is -1.55. The number of nitrogens with zero attached hydrogens (tertiary/aromatic N) is 1. The zero-order valence-electron chi connectivity index (χ0n) is 10.1. The number of halogens is 1. The molecule has 3 rings (SSSR count). The number of aromatic hydroxyl groups is 1. The van der Waals surface area contributed by atoms with Gasteiger partial charge in [-0.3, -0.25) is 4.90 Å². The number of fused-ring (bicyclic) bond motifs is 1. The van der Waals surface area contributed by atoms with Crippen LogP contribution in [0.3, 0.4) is 0 Å². The number of phenols is 1. The molecule has 1 aromatic carbocycles. The normalized spacial score (nSPS) is 18.5. The van der Waals surface area contributed by atoms with Gasteiger partial charge >= 0.3 is 0 Å². The van der Waals surface area contributed by atoms with E-state index in [1.807, 2.05) is 6.07 Å². The van der Waals surface area contributed by atoms with Crippen LogP contribution in [0.4, 0.5) is 4.39 Å². The fourth-order valence-electron chi connectivity index (χ4n) is 2.49. The van der Waals surface area contributed by atoms with Crippen LogP contribution in [0.25, 0.3) is 11.0 Å². The lowest BCUT2D eigenvalue weighted by Crippen LogP contribution is -2.33. The molecule has 0 unspecified atom stereocenters. The first-order valence-corrected chi connectivity index (χ1v) is 6.28. The van der Waals surface area contributed by atoms with Crippen molar-refractivity contribution in [2.24, 2.45) is 0 Å². The first-order chi connectivity index (χ1) is 8.72. The van der Waals surface area contributed by atoms with Gasteiger partial charge in [-0.2, -0.15) is 0 Å². The van der Waals surface area contributed by atoms with Gasteiger partial charge in [-0.25, -0.2) is 4.39 Å². The maximum absolute atomic E-state index is 13.1. The molecule has 0 saturated carbocycles. The predicted molar refractivity (Wildman–Crippen MR) is 67.3 cm³/mol. The van der Waals surface area contributed by atoms with Crippen LogP contribution in [0.1, 0.15) is 18.4 Å². The molecule has 3 nitrogen and oxygen atoms in total. The smallest absolute Gasteiger partial charge is 0.137 e. The number of furan rings is 1. The van der Waals surface area contributed by atoms with Crippen molar-refractivity contribution in [3.8, 4) is 5.75 Å². The third-order valence-corrected chi connectivity index (χ3v) is 3.55. The quantitative estimate of drug-likeness (QED) is 0.888. The first kappa shape index (κ1) is 11.5. The number of benzene rings is 1. The maximum atomic E-state index is 13.1. The molecule has 0 atom stereocenters. The molecule has 18 heavy (non-hydrogen) atoms. The van der Waals surface area contributed by atoms with E-state index in [0.717, 1.165) is 30.6 Å². The van der Waals surface area contributed by atoms with E-state index in [-0.39, 0.29) is 5.75 Å². The third-order valence-electron chi connectivity index (χ3n) is 3.55. The van der Waals surface area contributed by atoms with Crippen molar-refractivity contribution in [2.75, 3.05) is 13.1 Å². The zero-order chi connectivity index (χ0) is 12.5. The van der Waals surface area contributed by atoms with Gasteiger partial charge in [0.05, 0.1) is 6.26 Å². The minimum Gasteiger partial charge on any atom is -0.508 e. The van der Waals surface area contributed by atoms with Crippen LogP contribution in [0.15, 0.2) is 28.9 Å². The van der Waals surface area contributed by atoms with Gasteiger partial charge in [-0.15, -0.1) is 0 Å². The molecule has 1 aliphatic heterocycles.